The number of para-hydroxylation sites is 1. The Kier molecular flexibility index (Phi) is 9.22. The van der Waals surface area contributed by atoms with Crippen LogP contribution in [-0.4, -0.2) is 47.0 Å². The Bertz CT molecular complexity index is 1530. The Morgan fingerprint density at radius 1 is 1.02 bits per heavy atom. The SMILES string of the molecule is CC[C@@H](C)Oc1ccc(F)c(CN2CC[C@@]3(C[C@@H]2C)C(N(c2ccccc2)C2CCCCC2)=NC(=O)N3c2cccc(F)c2)c1. The van der Waals surface area contributed by atoms with E-state index in [9.17, 15) is 9.18 Å². The third kappa shape index (κ3) is 6.35. The molecule has 45 heavy (non-hydrogen) atoms. The molecular formula is C37H44F2N4O2. The number of hydrogen-bond acceptors (Lipinski definition) is 4. The van der Waals surface area contributed by atoms with E-state index in [0.29, 0.717) is 42.9 Å². The number of amidine groups is 1. The van der Waals surface area contributed by atoms with E-state index in [0.717, 1.165) is 43.6 Å². The molecule has 3 aromatic rings. The lowest BCUT2D eigenvalue weighted by Gasteiger charge is -2.51. The van der Waals surface area contributed by atoms with Gasteiger partial charge in [0.2, 0.25) is 0 Å². The molecule has 6 rings (SSSR count). The van der Waals surface area contributed by atoms with Gasteiger partial charge in [-0.3, -0.25) is 9.80 Å². The third-order valence-corrected chi connectivity index (χ3v) is 9.88. The highest BCUT2D eigenvalue weighted by Crippen LogP contribution is 2.45. The minimum absolute atomic E-state index is 0.0200. The summed E-state index contributed by atoms with van der Waals surface area (Å²) < 4.78 is 35.7. The fraction of sp³-hybridized carbons (Fsp3) is 0.459. The molecule has 1 saturated carbocycles. The molecule has 0 unspecified atom stereocenters. The van der Waals surface area contributed by atoms with Crippen LogP contribution in [0.4, 0.5) is 25.0 Å². The van der Waals surface area contributed by atoms with E-state index in [1.54, 1.807) is 23.1 Å². The van der Waals surface area contributed by atoms with Crippen LogP contribution >= 0.6 is 0 Å². The van der Waals surface area contributed by atoms with Crippen molar-refractivity contribution in [3.63, 3.8) is 0 Å². The number of urea groups is 1. The maximum Gasteiger partial charge on any atom is 0.350 e. The Morgan fingerprint density at radius 2 is 1.80 bits per heavy atom. The standard InChI is InChI=1S/C37H44F2N4O2/c1-4-27(3)45-33-18-19-34(39)28(22-33)25-41-21-20-37(24-26(41)2)35(40-36(44)43(37)32-17-11-12-29(38)23-32)42(30-13-7-5-8-14-30)31-15-9-6-10-16-31/h5,7-8,11-14,17-19,22-23,26-27,31H,4,6,9-10,15-16,20-21,24-25H2,1-3H3/t26-,27+,37+/m0/s1. The number of piperidine rings is 1. The van der Waals surface area contributed by atoms with Gasteiger partial charge in [-0.15, -0.1) is 0 Å². The van der Waals surface area contributed by atoms with Crippen molar-refractivity contribution < 1.29 is 18.3 Å². The molecule has 0 radical (unpaired) electrons. The first-order valence-corrected chi connectivity index (χ1v) is 16.5. The zero-order valence-electron chi connectivity index (χ0n) is 26.6. The Labute approximate surface area is 265 Å². The zero-order chi connectivity index (χ0) is 31.6. The fourth-order valence-electron chi connectivity index (χ4n) is 7.40. The second kappa shape index (κ2) is 13.3. The summed E-state index contributed by atoms with van der Waals surface area (Å²) in [5.41, 5.74) is 1.34. The minimum Gasteiger partial charge on any atom is -0.491 e. The van der Waals surface area contributed by atoms with Gasteiger partial charge in [-0.25, -0.2) is 13.6 Å². The van der Waals surface area contributed by atoms with E-state index in [-0.39, 0.29) is 30.0 Å². The topological polar surface area (TPSA) is 48.4 Å². The summed E-state index contributed by atoms with van der Waals surface area (Å²) in [7, 11) is 0. The Hall–Kier alpha value is -3.78. The van der Waals surface area contributed by atoms with Crippen LogP contribution in [-0.2, 0) is 6.54 Å². The van der Waals surface area contributed by atoms with Crippen LogP contribution in [0.15, 0.2) is 77.8 Å². The van der Waals surface area contributed by atoms with E-state index in [1.165, 1.54) is 24.6 Å². The monoisotopic (exact) mass is 614 g/mol. The van der Waals surface area contributed by atoms with Gasteiger partial charge in [0, 0.05) is 42.1 Å². The number of nitrogens with zero attached hydrogens (tertiary/aromatic N) is 4. The van der Waals surface area contributed by atoms with Crippen molar-refractivity contribution in [2.24, 2.45) is 4.99 Å². The van der Waals surface area contributed by atoms with E-state index in [4.69, 9.17) is 9.73 Å². The summed E-state index contributed by atoms with van der Waals surface area (Å²) in [5, 5.41) is 0. The smallest absolute Gasteiger partial charge is 0.350 e. The van der Waals surface area contributed by atoms with E-state index >= 15 is 4.39 Å². The summed E-state index contributed by atoms with van der Waals surface area (Å²) in [4.78, 5) is 25.1. The lowest BCUT2D eigenvalue weighted by Crippen LogP contribution is -2.64. The van der Waals surface area contributed by atoms with Crippen LogP contribution in [0, 0.1) is 11.6 Å². The number of carbonyl (C=O) groups is 1. The fourth-order valence-corrected chi connectivity index (χ4v) is 7.40. The number of halogens is 2. The summed E-state index contributed by atoms with van der Waals surface area (Å²) in [6.07, 6.45) is 7.58. The Balaban J connectivity index is 1.36. The highest BCUT2D eigenvalue weighted by molar-refractivity contribution is 6.21. The number of anilines is 2. The first kappa shape index (κ1) is 31.2. The molecule has 2 fully saturated rings. The van der Waals surface area contributed by atoms with Gasteiger partial charge in [-0.05, 0) is 94.5 Å². The number of rotatable bonds is 8. The molecule has 2 aliphatic heterocycles. The van der Waals surface area contributed by atoms with Crippen molar-refractivity contribution in [2.75, 3.05) is 16.3 Å². The van der Waals surface area contributed by atoms with Gasteiger partial charge in [0.15, 0.2) is 0 Å². The predicted octanol–water partition coefficient (Wildman–Crippen LogP) is 8.74. The maximum atomic E-state index is 15.1. The predicted molar refractivity (Wildman–Crippen MR) is 176 cm³/mol. The molecule has 6 nitrogen and oxygen atoms in total. The second-order valence-electron chi connectivity index (χ2n) is 12.9. The number of carbonyl (C=O) groups excluding carboxylic acids is 1. The molecule has 3 aromatic carbocycles. The molecule has 0 bridgehead atoms. The highest BCUT2D eigenvalue weighted by Gasteiger charge is 2.56. The summed E-state index contributed by atoms with van der Waals surface area (Å²) in [6.45, 7) is 7.24. The molecule has 238 valence electrons. The minimum atomic E-state index is -0.784. The van der Waals surface area contributed by atoms with Crippen molar-refractivity contribution in [1.82, 2.24) is 4.90 Å². The van der Waals surface area contributed by atoms with Crippen LogP contribution in [0.25, 0.3) is 0 Å². The first-order chi connectivity index (χ1) is 21.8. The molecule has 3 aliphatic rings. The number of benzene rings is 3. The normalized spacial score (nSPS) is 23.3. The number of ether oxygens (including phenoxy) is 1. The molecular weight excluding hydrogens is 570 g/mol. The van der Waals surface area contributed by atoms with Crippen molar-refractivity contribution in [3.8, 4) is 5.75 Å². The molecule has 2 amide bonds. The summed E-state index contributed by atoms with van der Waals surface area (Å²) in [6, 6.07) is 21.3. The van der Waals surface area contributed by atoms with Crippen molar-refractivity contribution in [2.45, 2.75) is 102 Å². The zero-order valence-corrected chi connectivity index (χ0v) is 26.6. The lowest BCUT2D eigenvalue weighted by molar-refractivity contribution is 0.121. The largest absolute Gasteiger partial charge is 0.491 e. The molecule has 0 aromatic heterocycles. The number of likely N-dealkylation sites (tertiary alicyclic amines) is 1. The van der Waals surface area contributed by atoms with Crippen LogP contribution in [0.3, 0.4) is 0 Å². The molecule has 1 aliphatic carbocycles. The molecule has 2 heterocycles. The number of aliphatic imine (C=N–C) groups is 1. The molecule has 8 heteroatoms. The average molecular weight is 615 g/mol. The van der Waals surface area contributed by atoms with E-state index in [2.05, 4.69) is 35.8 Å². The third-order valence-electron chi connectivity index (χ3n) is 9.88. The van der Waals surface area contributed by atoms with Crippen LogP contribution in [0.2, 0.25) is 0 Å². The van der Waals surface area contributed by atoms with E-state index in [1.807, 2.05) is 31.2 Å². The van der Waals surface area contributed by atoms with Crippen molar-refractivity contribution >= 4 is 23.2 Å². The molecule has 0 N–H and O–H groups in total. The Morgan fingerprint density at radius 3 is 2.51 bits per heavy atom. The van der Waals surface area contributed by atoms with Gasteiger partial charge in [-0.2, -0.15) is 4.99 Å². The van der Waals surface area contributed by atoms with Crippen LogP contribution in [0.5, 0.6) is 5.75 Å². The van der Waals surface area contributed by atoms with Gasteiger partial charge < -0.3 is 9.64 Å². The summed E-state index contributed by atoms with van der Waals surface area (Å²) in [5.74, 6) is 0.764. The van der Waals surface area contributed by atoms with Crippen LogP contribution < -0.4 is 14.5 Å². The van der Waals surface area contributed by atoms with E-state index < -0.39 is 11.4 Å². The number of hydrogen-bond donors (Lipinski definition) is 0. The van der Waals surface area contributed by atoms with Crippen LogP contribution in [0.1, 0.15) is 77.7 Å². The van der Waals surface area contributed by atoms with Gasteiger partial charge in [0.05, 0.1) is 6.10 Å². The van der Waals surface area contributed by atoms with Crippen molar-refractivity contribution in [3.05, 3.63) is 90.0 Å². The van der Waals surface area contributed by atoms with Gasteiger partial charge in [0.25, 0.3) is 0 Å². The van der Waals surface area contributed by atoms with Gasteiger partial charge in [-0.1, -0.05) is 50.5 Å². The average Bonchev–Trinajstić information content (AvgIpc) is 3.31. The second-order valence-corrected chi connectivity index (χ2v) is 12.9. The van der Waals surface area contributed by atoms with Gasteiger partial charge >= 0.3 is 6.03 Å². The molecule has 3 atom stereocenters. The number of amides is 2. The maximum absolute atomic E-state index is 15.1. The molecule has 1 spiro atoms. The lowest BCUT2D eigenvalue weighted by atomic mass is 9.79. The van der Waals surface area contributed by atoms with Gasteiger partial charge in [0.1, 0.15) is 28.8 Å². The quantitative estimate of drug-likeness (QED) is 0.255. The summed E-state index contributed by atoms with van der Waals surface area (Å²) >= 11 is 0. The highest BCUT2D eigenvalue weighted by atomic mass is 19.1. The molecule has 1 saturated heterocycles. The first-order valence-electron chi connectivity index (χ1n) is 16.5. The van der Waals surface area contributed by atoms with Crippen molar-refractivity contribution in [1.29, 1.82) is 0 Å².